The van der Waals surface area contributed by atoms with Gasteiger partial charge < -0.3 is 4.74 Å². The highest BCUT2D eigenvalue weighted by molar-refractivity contribution is 9.18. The Morgan fingerprint density at radius 1 is 1.50 bits per heavy atom. The van der Waals surface area contributed by atoms with Gasteiger partial charge in [-0.2, -0.15) is 0 Å². The van der Waals surface area contributed by atoms with Crippen molar-refractivity contribution in [2.75, 3.05) is 0 Å². The maximum absolute atomic E-state index is 4.83. The molecule has 0 saturated heterocycles. The molecule has 0 spiro atoms. The van der Waals surface area contributed by atoms with Gasteiger partial charge in [-0.05, 0) is 12.2 Å². The van der Waals surface area contributed by atoms with Gasteiger partial charge in [0.1, 0.15) is 0 Å². The van der Waals surface area contributed by atoms with Crippen LogP contribution in [0.25, 0.3) is 0 Å². The first-order valence-corrected chi connectivity index (χ1v) is 2.90. The molecule has 0 fully saturated rings. The molecule has 0 aromatic rings. The van der Waals surface area contributed by atoms with Crippen LogP contribution in [0.3, 0.4) is 0 Å². The first-order chi connectivity index (χ1) is 3.89. The van der Waals surface area contributed by atoms with Gasteiger partial charge in [-0.15, -0.1) is 0 Å². The van der Waals surface area contributed by atoms with Crippen molar-refractivity contribution in [3.63, 3.8) is 0 Å². The van der Waals surface area contributed by atoms with Crippen molar-refractivity contribution >= 4 is 20.7 Å². The lowest BCUT2D eigenvalue weighted by Gasteiger charge is -1.88. The van der Waals surface area contributed by atoms with E-state index in [2.05, 4.69) is 20.9 Å². The van der Waals surface area contributed by atoms with Gasteiger partial charge in [0.05, 0.1) is 6.26 Å². The molecular formula is C5H4BrNO. The summed E-state index contributed by atoms with van der Waals surface area (Å²) in [6, 6.07) is 0. The van der Waals surface area contributed by atoms with Crippen molar-refractivity contribution in [1.29, 1.82) is 0 Å². The number of halogens is 1. The van der Waals surface area contributed by atoms with Crippen molar-refractivity contribution in [3.8, 4) is 0 Å². The van der Waals surface area contributed by atoms with Crippen molar-refractivity contribution in [2.24, 2.45) is 4.99 Å². The zero-order chi connectivity index (χ0) is 5.82. The Labute approximate surface area is 55.7 Å². The van der Waals surface area contributed by atoms with Gasteiger partial charge in [-0.25, -0.2) is 4.99 Å². The van der Waals surface area contributed by atoms with E-state index in [1.165, 1.54) is 0 Å². The summed E-state index contributed by atoms with van der Waals surface area (Å²) in [6.07, 6.45) is 6.75. The second-order valence-electron chi connectivity index (χ2n) is 1.17. The standard InChI is InChI=1S/C5H4BrNO/c6-5-7-3-1-2-4-8-5/h1-4H. The zero-order valence-corrected chi connectivity index (χ0v) is 5.63. The summed E-state index contributed by atoms with van der Waals surface area (Å²) in [4.78, 5) is 4.28. The average Bonchev–Trinajstić information content (AvgIpc) is 1.94. The largest absolute Gasteiger partial charge is 0.441 e. The Bertz CT molecular complexity index is 160. The molecule has 0 aromatic carbocycles. The maximum Gasteiger partial charge on any atom is 0.263 e. The molecular weight excluding hydrogens is 170 g/mol. The van der Waals surface area contributed by atoms with Crippen LogP contribution >= 0.6 is 15.9 Å². The van der Waals surface area contributed by atoms with Gasteiger partial charge in [-0.1, -0.05) is 0 Å². The predicted molar refractivity (Wildman–Crippen MR) is 35.7 cm³/mol. The van der Waals surface area contributed by atoms with E-state index in [9.17, 15) is 0 Å². The van der Waals surface area contributed by atoms with E-state index in [1.807, 2.05) is 0 Å². The molecule has 2 nitrogen and oxygen atoms in total. The molecule has 1 heterocycles. The number of hydrogen-bond donors (Lipinski definition) is 0. The van der Waals surface area contributed by atoms with E-state index >= 15 is 0 Å². The molecule has 0 amide bonds. The quantitative estimate of drug-likeness (QED) is 0.548. The molecule has 1 rings (SSSR count). The summed E-state index contributed by atoms with van der Waals surface area (Å²) in [7, 11) is 0. The molecule has 0 aromatic heterocycles. The van der Waals surface area contributed by atoms with Gasteiger partial charge in [-0.3, -0.25) is 0 Å². The summed E-state index contributed by atoms with van der Waals surface area (Å²) in [5, 5.41) is 0. The fourth-order valence-corrected chi connectivity index (χ4v) is 0.549. The first kappa shape index (κ1) is 5.56. The summed E-state index contributed by atoms with van der Waals surface area (Å²) >= 11 is 3.06. The molecule has 0 unspecified atom stereocenters. The smallest absolute Gasteiger partial charge is 0.263 e. The Hall–Kier alpha value is -0.570. The molecule has 0 atom stereocenters. The van der Waals surface area contributed by atoms with E-state index in [0.717, 1.165) is 0 Å². The fraction of sp³-hybridized carbons (Fsp3) is 0. The minimum absolute atomic E-state index is 0.488. The van der Waals surface area contributed by atoms with Crippen LogP contribution in [0, 0.1) is 0 Å². The molecule has 1 aliphatic rings. The number of nitrogens with zero attached hydrogens (tertiary/aromatic N) is 1. The summed E-state index contributed by atoms with van der Waals surface area (Å²) < 4.78 is 4.83. The Balaban J connectivity index is 2.69. The van der Waals surface area contributed by atoms with Crippen molar-refractivity contribution in [2.45, 2.75) is 0 Å². The second kappa shape index (κ2) is 2.67. The van der Waals surface area contributed by atoms with Crippen molar-refractivity contribution in [1.82, 2.24) is 0 Å². The van der Waals surface area contributed by atoms with Crippen LogP contribution < -0.4 is 0 Å². The lowest BCUT2D eigenvalue weighted by atomic mass is 10.6. The van der Waals surface area contributed by atoms with Crippen LogP contribution in [0.5, 0.6) is 0 Å². The van der Waals surface area contributed by atoms with E-state index < -0.39 is 0 Å². The molecule has 0 aliphatic carbocycles. The Kier molecular flexibility index (Phi) is 1.86. The van der Waals surface area contributed by atoms with Crippen molar-refractivity contribution in [3.05, 3.63) is 24.6 Å². The SMILES string of the molecule is BrC1=NC=CC=CO1. The molecule has 0 N–H and O–H groups in total. The third-order valence-corrected chi connectivity index (χ3v) is 1.01. The van der Waals surface area contributed by atoms with Gasteiger partial charge in [0.15, 0.2) is 0 Å². The van der Waals surface area contributed by atoms with E-state index in [4.69, 9.17) is 4.74 Å². The number of rotatable bonds is 0. The van der Waals surface area contributed by atoms with Gasteiger partial charge in [0, 0.05) is 22.1 Å². The highest BCUT2D eigenvalue weighted by Crippen LogP contribution is 1.97. The van der Waals surface area contributed by atoms with E-state index in [0.29, 0.717) is 4.81 Å². The molecule has 1 aliphatic heterocycles. The normalized spacial score (nSPS) is 16.9. The Morgan fingerprint density at radius 2 is 2.38 bits per heavy atom. The van der Waals surface area contributed by atoms with Crippen LogP contribution in [0.2, 0.25) is 0 Å². The first-order valence-electron chi connectivity index (χ1n) is 2.11. The number of ether oxygens (including phenoxy) is 1. The topological polar surface area (TPSA) is 21.6 Å². The third-order valence-electron chi connectivity index (χ3n) is 0.617. The Morgan fingerprint density at radius 3 is 3.25 bits per heavy atom. The molecule has 0 bridgehead atoms. The average molecular weight is 174 g/mol. The number of hydrogen-bond acceptors (Lipinski definition) is 2. The lowest BCUT2D eigenvalue weighted by Crippen LogP contribution is -1.83. The number of allylic oxidation sites excluding steroid dienone is 2. The minimum Gasteiger partial charge on any atom is -0.441 e. The van der Waals surface area contributed by atoms with Crippen molar-refractivity contribution < 1.29 is 4.74 Å². The highest BCUT2D eigenvalue weighted by atomic mass is 79.9. The van der Waals surface area contributed by atoms with Crippen LogP contribution in [-0.2, 0) is 4.74 Å². The van der Waals surface area contributed by atoms with E-state index in [1.54, 1.807) is 24.6 Å². The molecule has 42 valence electrons. The molecule has 0 saturated carbocycles. The summed E-state index contributed by atoms with van der Waals surface area (Å²) in [5.41, 5.74) is 0. The summed E-state index contributed by atoms with van der Waals surface area (Å²) in [5.74, 6) is 0. The minimum atomic E-state index is 0.488. The van der Waals surface area contributed by atoms with Gasteiger partial charge in [0.25, 0.3) is 4.81 Å². The van der Waals surface area contributed by atoms with Crippen LogP contribution in [0.1, 0.15) is 0 Å². The van der Waals surface area contributed by atoms with Gasteiger partial charge >= 0.3 is 0 Å². The molecule has 3 heteroatoms. The second-order valence-corrected chi connectivity index (χ2v) is 1.85. The molecule has 0 radical (unpaired) electrons. The summed E-state index contributed by atoms with van der Waals surface area (Å²) in [6.45, 7) is 0. The number of aliphatic imine (C=N–C) groups is 1. The third kappa shape index (κ3) is 1.50. The van der Waals surface area contributed by atoms with Crippen LogP contribution in [-0.4, -0.2) is 4.81 Å². The lowest BCUT2D eigenvalue weighted by molar-refractivity contribution is 0.490. The highest BCUT2D eigenvalue weighted by Gasteiger charge is 1.87. The van der Waals surface area contributed by atoms with Crippen LogP contribution in [0.15, 0.2) is 29.6 Å². The van der Waals surface area contributed by atoms with Gasteiger partial charge in [0.2, 0.25) is 0 Å². The van der Waals surface area contributed by atoms with Crippen LogP contribution in [0.4, 0.5) is 0 Å². The predicted octanol–water partition coefficient (Wildman–Crippen LogP) is 1.79. The zero-order valence-electron chi connectivity index (χ0n) is 4.04. The van der Waals surface area contributed by atoms with E-state index in [-0.39, 0.29) is 0 Å². The maximum atomic E-state index is 4.83. The monoisotopic (exact) mass is 173 g/mol. The molecule has 8 heavy (non-hydrogen) atoms. The fourth-order valence-electron chi connectivity index (χ4n) is 0.323.